The summed E-state index contributed by atoms with van der Waals surface area (Å²) in [6, 6.07) is 9.27. The van der Waals surface area contributed by atoms with E-state index in [1.54, 1.807) is 0 Å². The quantitative estimate of drug-likeness (QED) is 0.221. The minimum atomic E-state index is 0.796. The first-order valence-corrected chi connectivity index (χ1v) is 28.2. The molecule has 6 heterocycles. The van der Waals surface area contributed by atoms with Gasteiger partial charge in [-0.25, -0.2) is 0 Å². The van der Waals surface area contributed by atoms with Crippen LogP contribution in [0, 0.1) is 0 Å². The molecule has 16 heteroatoms. The Morgan fingerprint density at radius 1 is 0.543 bits per heavy atom. The zero-order valence-electron chi connectivity index (χ0n) is 24.1. The van der Waals surface area contributed by atoms with Crippen LogP contribution >= 0.6 is 189 Å². The fourth-order valence-electron chi connectivity index (χ4n) is 4.08. The predicted molar refractivity (Wildman–Crippen MR) is 247 cm³/mol. The molecular weight excluding hydrogens is 873 g/mol. The zero-order chi connectivity index (χ0) is 31.3. The Balaban J connectivity index is 0.876. The maximum atomic E-state index is 4.66. The standard InChI is InChI=1S/C30H26S16/c1-32-25-26(42-21(41-25)8-9-23-45-29-30(46-23)36-13-12-35-29)38-16-18-4-2-17(3-5-18)15-37-24-19(14-31)39-20(40-24)6-7-22-43-27-28(44-22)34-11-10-33-27/h2-9,31H,10-16H2,1H3/b20-6-,21-8-. The van der Waals surface area contributed by atoms with Crippen molar-refractivity contribution < 1.29 is 0 Å². The Hall–Kier alpha value is 2.74. The van der Waals surface area contributed by atoms with Gasteiger partial charge >= 0.3 is 0 Å². The summed E-state index contributed by atoms with van der Waals surface area (Å²) in [5.74, 6) is 7.74. The van der Waals surface area contributed by atoms with Crippen molar-refractivity contribution in [2.24, 2.45) is 0 Å². The first-order valence-electron chi connectivity index (χ1n) is 13.9. The van der Waals surface area contributed by atoms with Crippen molar-refractivity contribution in [2.45, 2.75) is 11.5 Å². The van der Waals surface area contributed by atoms with Crippen LogP contribution in [0.15, 0.2) is 100 Å². The molecule has 0 amide bonds. The number of hydrogen-bond acceptors (Lipinski definition) is 16. The fourth-order valence-corrected chi connectivity index (χ4v) is 25.3. The number of allylic oxidation sites excluding steroid dienone is 4. The summed E-state index contributed by atoms with van der Waals surface area (Å²) in [4.78, 5) is 1.38. The average Bonchev–Trinajstić information content (AvgIpc) is 3.88. The highest BCUT2D eigenvalue weighted by Gasteiger charge is 2.27. The van der Waals surface area contributed by atoms with Gasteiger partial charge in [-0.05, 0) is 41.7 Å². The predicted octanol–water partition coefficient (Wildman–Crippen LogP) is 15.2. The van der Waals surface area contributed by atoms with E-state index in [2.05, 4.69) is 67.5 Å². The number of thioether (sulfide) groups is 15. The lowest BCUT2D eigenvalue weighted by atomic mass is 10.2. The lowest BCUT2D eigenvalue weighted by molar-refractivity contribution is 1.35. The average molecular weight is 900 g/mol. The normalized spacial score (nSPS) is 23.5. The van der Waals surface area contributed by atoms with E-state index in [-0.39, 0.29) is 0 Å². The van der Waals surface area contributed by atoms with Crippen LogP contribution in [-0.2, 0) is 11.5 Å². The molecule has 7 rings (SSSR count). The van der Waals surface area contributed by atoms with E-state index in [9.17, 15) is 0 Å². The van der Waals surface area contributed by atoms with E-state index in [1.807, 2.05) is 176 Å². The second-order valence-corrected chi connectivity index (χ2v) is 28.2. The van der Waals surface area contributed by atoms with Gasteiger partial charge in [0.05, 0.1) is 46.6 Å². The van der Waals surface area contributed by atoms with Crippen molar-refractivity contribution in [3.8, 4) is 0 Å². The summed E-state index contributed by atoms with van der Waals surface area (Å²) < 4.78 is 15.9. The first-order chi connectivity index (χ1) is 22.6. The third-order valence-corrected chi connectivity index (χ3v) is 27.5. The van der Waals surface area contributed by atoms with Gasteiger partial charge in [0.1, 0.15) is 0 Å². The molecule has 0 aromatic heterocycles. The molecule has 242 valence electrons. The van der Waals surface area contributed by atoms with Gasteiger partial charge in [0.15, 0.2) is 0 Å². The Kier molecular flexibility index (Phi) is 15.0. The number of rotatable bonds is 10. The molecule has 1 aromatic carbocycles. The zero-order valence-corrected chi connectivity index (χ0v) is 37.3. The van der Waals surface area contributed by atoms with E-state index in [4.69, 9.17) is 0 Å². The fraction of sp³-hybridized carbons (Fsp3) is 0.267. The summed E-state index contributed by atoms with van der Waals surface area (Å²) >= 11 is 34.0. The maximum Gasteiger partial charge on any atom is 0.0663 e. The molecule has 0 saturated carbocycles. The summed E-state index contributed by atoms with van der Waals surface area (Å²) in [6.45, 7) is 0. The summed E-state index contributed by atoms with van der Waals surface area (Å²) in [5.41, 5.74) is 2.77. The van der Waals surface area contributed by atoms with Gasteiger partial charge in [-0.15, -0.1) is 82.3 Å². The van der Waals surface area contributed by atoms with Crippen molar-refractivity contribution in [3.05, 3.63) is 111 Å². The van der Waals surface area contributed by atoms with Crippen molar-refractivity contribution in [3.63, 3.8) is 0 Å². The Labute approximate surface area is 342 Å². The highest BCUT2D eigenvalue weighted by atomic mass is 32.3. The molecule has 1 aromatic rings. The summed E-state index contributed by atoms with van der Waals surface area (Å²) in [7, 11) is 0. The Morgan fingerprint density at radius 2 is 0.935 bits per heavy atom. The summed E-state index contributed by atoms with van der Waals surface area (Å²) in [6.07, 6.45) is 11.5. The van der Waals surface area contributed by atoms with Crippen LogP contribution in [0.2, 0.25) is 0 Å². The van der Waals surface area contributed by atoms with Crippen LogP contribution in [-0.4, -0.2) is 35.0 Å². The van der Waals surface area contributed by atoms with Crippen LogP contribution in [0.1, 0.15) is 11.1 Å². The molecule has 6 aliphatic rings. The maximum absolute atomic E-state index is 4.66. The van der Waals surface area contributed by atoms with E-state index >= 15 is 0 Å². The lowest BCUT2D eigenvalue weighted by Crippen LogP contribution is -1.88. The minimum absolute atomic E-state index is 0.796. The van der Waals surface area contributed by atoms with Crippen LogP contribution in [0.4, 0.5) is 0 Å². The third kappa shape index (κ3) is 10.0. The van der Waals surface area contributed by atoms with Gasteiger partial charge in [0.2, 0.25) is 0 Å². The monoisotopic (exact) mass is 898 g/mol. The van der Waals surface area contributed by atoms with Crippen molar-refractivity contribution in [2.75, 3.05) is 35.0 Å². The van der Waals surface area contributed by atoms with Gasteiger partial charge in [-0.2, -0.15) is 12.6 Å². The lowest BCUT2D eigenvalue weighted by Gasteiger charge is -2.08. The summed E-state index contributed by atoms with van der Waals surface area (Å²) in [5, 5.41) is 0. The van der Waals surface area contributed by atoms with Crippen LogP contribution in [0.25, 0.3) is 0 Å². The van der Waals surface area contributed by atoms with Crippen LogP contribution < -0.4 is 0 Å². The Bertz CT molecular complexity index is 1450. The molecule has 0 N–H and O–H groups in total. The van der Waals surface area contributed by atoms with Crippen molar-refractivity contribution >= 4 is 189 Å². The second kappa shape index (κ2) is 18.7. The molecule has 0 fully saturated rings. The number of thiol groups is 1. The largest absolute Gasteiger partial charge is 0.174 e. The molecule has 0 spiro atoms. The highest BCUT2D eigenvalue weighted by Crippen LogP contribution is 2.62. The van der Waals surface area contributed by atoms with Crippen LogP contribution in [0.3, 0.4) is 0 Å². The second-order valence-electron chi connectivity index (χ2n) is 9.34. The SMILES string of the molecule is CSC1=C(SCc2ccc(CSC3=C(CS)S/C(=C/C=C4SC5=C(SCCS5)S4)S3)cc2)S/C(=C\C=C2SC3=C(SCCS3)S2)S1. The van der Waals surface area contributed by atoms with Gasteiger partial charge in [0, 0.05) is 45.2 Å². The first kappa shape index (κ1) is 37.1. The van der Waals surface area contributed by atoms with E-state index in [0.29, 0.717) is 0 Å². The number of benzene rings is 1. The molecule has 46 heavy (non-hydrogen) atoms. The molecule has 0 unspecified atom stereocenters. The van der Waals surface area contributed by atoms with Gasteiger partial charge in [-0.1, -0.05) is 118 Å². The molecular formula is C30H26S16. The minimum Gasteiger partial charge on any atom is -0.174 e. The van der Waals surface area contributed by atoms with Crippen molar-refractivity contribution in [1.82, 2.24) is 0 Å². The van der Waals surface area contributed by atoms with E-state index < -0.39 is 0 Å². The van der Waals surface area contributed by atoms with Crippen molar-refractivity contribution in [1.29, 1.82) is 0 Å². The molecule has 0 nitrogen and oxygen atoms in total. The topological polar surface area (TPSA) is 0 Å². The van der Waals surface area contributed by atoms with Gasteiger partial charge in [-0.3, -0.25) is 0 Å². The van der Waals surface area contributed by atoms with Gasteiger partial charge < -0.3 is 0 Å². The molecule has 0 aliphatic carbocycles. The van der Waals surface area contributed by atoms with E-state index in [1.165, 1.54) is 85.7 Å². The van der Waals surface area contributed by atoms with Gasteiger partial charge in [0.25, 0.3) is 0 Å². The molecule has 0 bridgehead atoms. The Morgan fingerprint density at radius 3 is 1.39 bits per heavy atom. The number of hydrogen-bond donors (Lipinski definition) is 1. The third-order valence-electron chi connectivity index (χ3n) is 6.21. The van der Waals surface area contributed by atoms with E-state index in [0.717, 1.165) is 17.3 Å². The molecule has 0 saturated heterocycles. The molecule has 0 radical (unpaired) electrons. The molecule has 0 atom stereocenters. The molecule has 6 aliphatic heterocycles. The van der Waals surface area contributed by atoms with Crippen LogP contribution in [0.5, 0.6) is 0 Å². The smallest absolute Gasteiger partial charge is 0.0663 e. The highest BCUT2D eigenvalue weighted by molar-refractivity contribution is 8.42.